The Labute approximate surface area is 130 Å². The van der Waals surface area contributed by atoms with Crippen LogP contribution in [0.1, 0.15) is 43.6 Å². The van der Waals surface area contributed by atoms with E-state index in [9.17, 15) is 4.79 Å². The smallest absolute Gasteiger partial charge is 0.274 e. The quantitative estimate of drug-likeness (QED) is 0.539. The van der Waals surface area contributed by atoms with Gasteiger partial charge in [0.25, 0.3) is 5.91 Å². The van der Waals surface area contributed by atoms with Gasteiger partial charge in [0.1, 0.15) is 0 Å². The Balaban J connectivity index is 2.30. The second-order valence-corrected chi connectivity index (χ2v) is 5.31. The van der Waals surface area contributed by atoms with E-state index in [1.54, 1.807) is 6.92 Å². The zero-order valence-corrected chi connectivity index (χ0v) is 13.1. The number of carbonyl (C=O) groups excluding carboxylic acids is 1. The Morgan fingerprint density at radius 1 is 1.23 bits per heavy atom. The molecule has 22 heavy (non-hydrogen) atoms. The number of nitrogens with one attached hydrogen (secondary N) is 2. The first-order valence-corrected chi connectivity index (χ1v) is 7.69. The minimum atomic E-state index is -0.436. The van der Waals surface area contributed by atoms with Gasteiger partial charge < -0.3 is 16.4 Å². The summed E-state index contributed by atoms with van der Waals surface area (Å²) in [6, 6.07) is 7.50. The highest BCUT2D eigenvalue weighted by molar-refractivity contribution is 5.98. The number of aromatic nitrogens is 2. The molecule has 0 spiro atoms. The number of amides is 1. The first-order chi connectivity index (χ1) is 10.6. The lowest BCUT2D eigenvalue weighted by molar-refractivity contribution is 0.0937. The normalized spacial score (nSPS) is 12.1. The first-order valence-electron chi connectivity index (χ1n) is 7.69. The molecule has 0 radical (unpaired) electrons. The molecule has 0 fully saturated rings. The van der Waals surface area contributed by atoms with Gasteiger partial charge in [0, 0.05) is 6.54 Å². The minimum absolute atomic E-state index is 0.285. The van der Waals surface area contributed by atoms with Gasteiger partial charge in [-0.25, -0.2) is 9.97 Å². The zero-order chi connectivity index (χ0) is 15.9. The van der Waals surface area contributed by atoms with Crippen molar-refractivity contribution in [3.8, 4) is 0 Å². The van der Waals surface area contributed by atoms with E-state index in [0.29, 0.717) is 11.3 Å². The number of rotatable bonds is 7. The monoisotopic (exact) mass is 301 g/mol. The van der Waals surface area contributed by atoms with Crippen LogP contribution >= 0.6 is 0 Å². The van der Waals surface area contributed by atoms with Crippen molar-refractivity contribution in [2.45, 2.75) is 39.3 Å². The SMILES string of the molecule is CCCCCNc1nc2ccccc2nc1C(=O)NC(C)N. The average Bonchev–Trinajstić information content (AvgIpc) is 2.50. The van der Waals surface area contributed by atoms with Crippen LogP contribution in [0.2, 0.25) is 0 Å². The van der Waals surface area contributed by atoms with Gasteiger partial charge >= 0.3 is 0 Å². The van der Waals surface area contributed by atoms with Crippen LogP contribution in [0.4, 0.5) is 5.82 Å². The fourth-order valence-corrected chi connectivity index (χ4v) is 2.14. The van der Waals surface area contributed by atoms with Gasteiger partial charge in [-0.2, -0.15) is 0 Å². The summed E-state index contributed by atoms with van der Waals surface area (Å²) in [6.07, 6.45) is 2.87. The molecule has 0 aliphatic carbocycles. The number of anilines is 1. The Kier molecular flexibility index (Phi) is 5.66. The molecule has 118 valence electrons. The van der Waals surface area contributed by atoms with Gasteiger partial charge in [-0.15, -0.1) is 0 Å². The van der Waals surface area contributed by atoms with E-state index in [1.807, 2.05) is 24.3 Å². The predicted molar refractivity (Wildman–Crippen MR) is 88.7 cm³/mol. The van der Waals surface area contributed by atoms with Gasteiger partial charge in [-0.1, -0.05) is 31.9 Å². The summed E-state index contributed by atoms with van der Waals surface area (Å²) in [4.78, 5) is 21.2. The van der Waals surface area contributed by atoms with Crippen LogP contribution in [0, 0.1) is 0 Å². The van der Waals surface area contributed by atoms with Crippen LogP contribution in [0.25, 0.3) is 11.0 Å². The molecule has 1 unspecified atom stereocenters. The van der Waals surface area contributed by atoms with Crippen molar-refractivity contribution in [2.75, 3.05) is 11.9 Å². The van der Waals surface area contributed by atoms with Gasteiger partial charge in [0.05, 0.1) is 17.2 Å². The largest absolute Gasteiger partial charge is 0.368 e. The summed E-state index contributed by atoms with van der Waals surface area (Å²) in [6.45, 7) is 4.62. The van der Waals surface area contributed by atoms with Crippen LogP contribution in [0.5, 0.6) is 0 Å². The molecule has 1 aromatic carbocycles. The van der Waals surface area contributed by atoms with Crippen molar-refractivity contribution in [3.63, 3.8) is 0 Å². The first kappa shape index (κ1) is 16.2. The standard InChI is InChI=1S/C16H23N5O/c1-3-4-7-10-18-15-14(16(22)19-11(2)17)20-12-8-5-6-9-13(12)21-15/h5-6,8-9,11H,3-4,7,10,17H2,1-2H3,(H,18,21)(H,19,22). The Hall–Kier alpha value is -2.21. The maximum atomic E-state index is 12.3. The van der Waals surface area contributed by atoms with Gasteiger partial charge in [-0.3, -0.25) is 4.79 Å². The van der Waals surface area contributed by atoms with Crippen LogP contribution in [0.3, 0.4) is 0 Å². The second kappa shape index (κ2) is 7.70. The highest BCUT2D eigenvalue weighted by Crippen LogP contribution is 2.17. The molecule has 0 saturated heterocycles. The number of para-hydroxylation sites is 2. The summed E-state index contributed by atoms with van der Waals surface area (Å²) < 4.78 is 0. The molecule has 2 rings (SSSR count). The van der Waals surface area contributed by atoms with Crippen LogP contribution < -0.4 is 16.4 Å². The average molecular weight is 301 g/mol. The highest BCUT2D eigenvalue weighted by atomic mass is 16.2. The summed E-state index contributed by atoms with van der Waals surface area (Å²) in [5.41, 5.74) is 7.37. The van der Waals surface area contributed by atoms with Crippen molar-refractivity contribution in [1.29, 1.82) is 0 Å². The van der Waals surface area contributed by atoms with Gasteiger partial charge in [0.15, 0.2) is 11.5 Å². The topological polar surface area (TPSA) is 92.9 Å². The van der Waals surface area contributed by atoms with E-state index in [1.165, 1.54) is 0 Å². The summed E-state index contributed by atoms with van der Waals surface area (Å²) in [5.74, 6) is 0.194. The van der Waals surface area contributed by atoms with Crippen LogP contribution in [-0.2, 0) is 0 Å². The van der Waals surface area contributed by atoms with E-state index in [-0.39, 0.29) is 11.6 Å². The second-order valence-electron chi connectivity index (χ2n) is 5.31. The van der Waals surface area contributed by atoms with Crippen molar-refractivity contribution < 1.29 is 4.79 Å². The minimum Gasteiger partial charge on any atom is -0.368 e. The predicted octanol–water partition coefficient (Wildman–Crippen LogP) is 2.27. The van der Waals surface area contributed by atoms with E-state index in [0.717, 1.165) is 31.3 Å². The molecular formula is C16H23N5O. The molecule has 1 atom stereocenters. The molecule has 6 nitrogen and oxygen atoms in total. The molecular weight excluding hydrogens is 278 g/mol. The molecule has 0 saturated carbocycles. The van der Waals surface area contributed by atoms with Crippen molar-refractivity contribution in [1.82, 2.24) is 15.3 Å². The molecule has 4 N–H and O–H groups in total. The number of carbonyl (C=O) groups is 1. The summed E-state index contributed by atoms with van der Waals surface area (Å²) >= 11 is 0. The number of hydrogen-bond donors (Lipinski definition) is 3. The molecule has 1 amide bonds. The molecule has 1 aromatic heterocycles. The fraction of sp³-hybridized carbons (Fsp3) is 0.438. The number of nitrogens with two attached hydrogens (primary N) is 1. The molecule has 0 aliphatic heterocycles. The number of benzene rings is 1. The van der Waals surface area contributed by atoms with Crippen molar-refractivity contribution in [2.24, 2.45) is 5.73 Å². The third kappa shape index (κ3) is 4.14. The van der Waals surface area contributed by atoms with Gasteiger partial charge in [0.2, 0.25) is 0 Å². The zero-order valence-electron chi connectivity index (χ0n) is 13.1. The highest BCUT2D eigenvalue weighted by Gasteiger charge is 2.17. The van der Waals surface area contributed by atoms with Gasteiger partial charge in [-0.05, 0) is 25.5 Å². The van der Waals surface area contributed by atoms with E-state index < -0.39 is 6.17 Å². The Morgan fingerprint density at radius 2 is 1.91 bits per heavy atom. The molecule has 6 heteroatoms. The number of fused-ring (bicyclic) bond motifs is 1. The third-order valence-electron chi connectivity index (χ3n) is 3.22. The molecule has 0 bridgehead atoms. The number of hydrogen-bond acceptors (Lipinski definition) is 5. The van der Waals surface area contributed by atoms with E-state index in [4.69, 9.17) is 5.73 Å². The third-order valence-corrected chi connectivity index (χ3v) is 3.22. The van der Waals surface area contributed by atoms with Crippen LogP contribution in [0.15, 0.2) is 24.3 Å². The van der Waals surface area contributed by atoms with Crippen LogP contribution in [-0.4, -0.2) is 28.6 Å². The number of nitrogens with zero attached hydrogens (tertiary/aromatic N) is 2. The lowest BCUT2D eigenvalue weighted by Crippen LogP contribution is -2.39. The Morgan fingerprint density at radius 3 is 2.55 bits per heavy atom. The molecule has 1 heterocycles. The maximum Gasteiger partial charge on any atom is 0.274 e. The molecule has 2 aromatic rings. The Bertz CT molecular complexity index is 641. The van der Waals surface area contributed by atoms with Crippen molar-refractivity contribution >= 4 is 22.8 Å². The maximum absolute atomic E-state index is 12.3. The number of unbranched alkanes of at least 4 members (excludes halogenated alkanes) is 2. The van der Waals surface area contributed by atoms with E-state index in [2.05, 4.69) is 27.5 Å². The lowest BCUT2D eigenvalue weighted by atomic mass is 10.2. The van der Waals surface area contributed by atoms with Crippen molar-refractivity contribution in [3.05, 3.63) is 30.0 Å². The summed E-state index contributed by atoms with van der Waals surface area (Å²) in [5, 5.41) is 5.88. The summed E-state index contributed by atoms with van der Waals surface area (Å²) in [7, 11) is 0. The fourth-order valence-electron chi connectivity index (χ4n) is 2.14. The lowest BCUT2D eigenvalue weighted by Gasteiger charge is -2.13. The van der Waals surface area contributed by atoms with E-state index >= 15 is 0 Å². The molecule has 0 aliphatic rings.